The van der Waals surface area contributed by atoms with Crippen LogP contribution in [0.5, 0.6) is 0 Å². The van der Waals surface area contributed by atoms with Crippen LogP contribution < -0.4 is 0 Å². The highest BCUT2D eigenvalue weighted by molar-refractivity contribution is 6.35. The summed E-state index contributed by atoms with van der Waals surface area (Å²) in [5.74, 6) is 0. The first-order valence-corrected chi connectivity index (χ1v) is 6.06. The third kappa shape index (κ3) is 2.91. The lowest BCUT2D eigenvalue weighted by atomic mass is 10.1. The molecule has 1 nitrogen and oxygen atoms in total. The number of aryl methyl sites for hydroxylation is 3. The molecule has 0 fully saturated rings. The normalized spacial score (nSPS) is 10.4. The minimum Gasteiger partial charge on any atom is -0.252 e. The summed E-state index contributed by atoms with van der Waals surface area (Å²) >= 11 is 6.30. The average Bonchev–Trinajstić information content (AvgIpc) is 2.20. The number of aromatic nitrogens is 1. The molecule has 1 aromatic heterocycles. The van der Waals surface area contributed by atoms with Crippen molar-refractivity contribution in [3.63, 3.8) is 0 Å². The van der Waals surface area contributed by atoms with E-state index in [1.54, 1.807) is 0 Å². The Kier molecular flexibility index (Phi) is 4.79. The molecule has 2 rings (SSSR count). The molecule has 0 saturated heterocycles. The molecule has 0 amide bonds. The maximum absolute atomic E-state index is 6.30. The highest BCUT2D eigenvalue weighted by Crippen LogP contribution is 2.27. The molecule has 0 unspecified atom stereocenters. The second kappa shape index (κ2) is 5.70. The summed E-state index contributed by atoms with van der Waals surface area (Å²) < 4.78 is 0. The van der Waals surface area contributed by atoms with Gasteiger partial charge in [0.2, 0.25) is 0 Å². The van der Waals surface area contributed by atoms with Gasteiger partial charge in [-0.05, 0) is 38.0 Å². The molecular formula is C14H17Cl2N. The maximum atomic E-state index is 6.30. The SMILES string of the molecule is CCCc1cc(Cl)c2cc(C)cc(C)c2n1.Cl. The van der Waals surface area contributed by atoms with Crippen LogP contribution in [0, 0.1) is 13.8 Å². The van der Waals surface area contributed by atoms with Gasteiger partial charge in [-0.15, -0.1) is 12.4 Å². The largest absolute Gasteiger partial charge is 0.252 e. The third-order valence-electron chi connectivity index (χ3n) is 2.76. The molecule has 3 heteroatoms. The van der Waals surface area contributed by atoms with E-state index in [0.717, 1.165) is 34.5 Å². The lowest BCUT2D eigenvalue weighted by Crippen LogP contribution is -1.93. The summed E-state index contributed by atoms with van der Waals surface area (Å²) in [6.07, 6.45) is 2.09. The lowest BCUT2D eigenvalue weighted by molar-refractivity contribution is 0.889. The van der Waals surface area contributed by atoms with Gasteiger partial charge in [0.25, 0.3) is 0 Å². The Labute approximate surface area is 114 Å². The fourth-order valence-corrected chi connectivity index (χ4v) is 2.34. The van der Waals surface area contributed by atoms with E-state index in [-0.39, 0.29) is 12.4 Å². The smallest absolute Gasteiger partial charge is 0.0749 e. The van der Waals surface area contributed by atoms with Crippen molar-refractivity contribution >= 4 is 34.9 Å². The van der Waals surface area contributed by atoms with Crippen LogP contribution in [0.2, 0.25) is 5.02 Å². The van der Waals surface area contributed by atoms with Gasteiger partial charge in [0.1, 0.15) is 0 Å². The Balaban J connectivity index is 0.00000144. The summed E-state index contributed by atoms with van der Waals surface area (Å²) in [6.45, 7) is 6.33. The van der Waals surface area contributed by atoms with Gasteiger partial charge in [-0.1, -0.05) is 36.6 Å². The molecule has 92 valence electrons. The van der Waals surface area contributed by atoms with Crippen LogP contribution >= 0.6 is 24.0 Å². The number of hydrogen-bond acceptors (Lipinski definition) is 1. The van der Waals surface area contributed by atoms with Crippen LogP contribution in [0.3, 0.4) is 0 Å². The lowest BCUT2D eigenvalue weighted by Gasteiger charge is -2.08. The van der Waals surface area contributed by atoms with Crippen LogP contribution in [-0.4, -0.2) is 4.98 Å². The Morgan fingerprint density at radius 2 is 1.88 bits per heavy atom. The van der Waals surface area contributed by atoms with Gasteiger partial charge in [-0.25, -0.2) is 0 Å². The fourth-order valence-electron chi connectivity index (χ4n) is 2.07. The number of rotatable bonds is 2. The standard InChI is InChI=1S/C14H16ClN.ClH/c1-4-5-11-8-13(15)12-7-9(2)6-10(3)14(12)16-11;/h6-8H,4-5H2,1-3H3;1H. The van der Waals surface area contributed by atoms with Gasteiger partial charge in [0.05, 0.1) is 10.5 Å². The van der Waals surface area contributed by atoms with E-state index < -0.39 is 0 Å². The van der Waals surface area contributed by atoms with E-state index in [9.17, 15) is 0 Å². The minimum absolute atomic E-state index is 0. The van der Waals surface area contributed by atoms with Gasteiger partial charge >= 0.3 is 0 Å². The van der Waals surface area contributed by atoms with E-state index in [0.29, 0.717) is 0 Å². The van der Waals surface area contributed by atoms with Crippen LogP contribution in [0.1, 0.15) is 30.2 Å². The van der Waals surface area contributed by atoms with Crippen LogP contribution in [0.25, 0.3) is 10.9 Å². The van der Waals surface area contributed by atoms with Crippen molar-refractivity contribution in [2.45, 2.75) is 33.6 Å². The van der Waals surface area contributed by atoms with Crippen LogP contribution in [0.15, 0.2) is 18.2 Å². The van der Waals surface area contributed by atoms with Gasteiger partial charge in [0.15, 0.2) is 0 Å². The summed E-state index contributed by atoms with van der Waals surface area (Å²) in [6, 6.07) is 6.25. The molecule has 2 aromatic rings. The van der Waals surface area contributed by atoms with Crippen molar-refractivity contribution in [3.8, 4) is 0 Å². The van der Waals surface area contributed by atoms with Crippen molar-refractivity contribution in [1.29, 1.82) is 0 Å². The zero-order chi connectivity index (χ0) is 11.7. The number of benzene rings is 1. The number of nitrogens with zero attached hydrogens (tertiary/aromatic N) is 1. The van der Waals surface area contributed by atoms with E-state index in [1.165, 1.54) is 11.1 Å². The van der Waals surface area contributed by atoms with Crippen LogP contribution in [0.4, 0.5) is 0 Å². The molecule has 1 heterocycles. The minimum atomic E-state index is 0. The Bertz CT molecular complexity index is 535. The first-order valence-electron chi connectivity index (χ1n) is 5.68. The second-order valence-corrected chi connectivity index (χ2v) is 4.73. The molecule has 0 saturated carbocycles. The summed E-state index contributed by atoms with van der Waals surface area (Å²) in [7, 11) is 0. The molecule has 0 atom stereocenters. The Morgan fingerprint density at radius 3 is 2.53 bits per heavy atom. The first-order chi connectivity index (χ1) is 7.61. The molecule has 17 heavy (non-hydrogen) atoms. The topological polar surface area (TPSA) is 12.9 Å². The molecular weight excluding hydrogens is 253 g/mol. The maximum Gasteiger partial charge on any atom is 0.0749 e. The predicted molar refractivity (Wildman–Crippen MR) is 77.5 cm³/mol. The number of pyridine rings is 1. The first kappa shape index (κ1) is 14.3. The Hall–Kier alpha value is -0.790. The number of halogens is 2. The van der Waals surface area contributed by atoms with Gasteiger partial charge in [-0.3, -0.25) is 4.98 Å². The number of fused-ring (bicyclic) bond motifs is 1. The Morgan fingerprint density at radius 1 is 1.18 bits per heavy atom. The summed E-state index contributed by atoms with van der Waals surface area (Å²) in [5, 5.41) is 1.89. The average molecular weight is 270 g/mol. The monoisotopic (exact) mass is 269 g/mol. The molecule has 0 spiro atoms. The third-order valence-corrected chi connectivity index (χ3v) is 3.07. The van der Waals surface area contributed by atoms with Crippen molar-refractivity contribution in [2.75, 3.05) is 0 Å². The van der Waals surface area contributed by atoms with Crippen LogP contribution in [-0.2, 0) is 6.42 Å². The summed E-state index contributed by atoms with van der Waals surface area (Å²) in [4.78, 5) is 4.68. The zero-order valence-corrected chi connectivity index (χ0v) is 12.0. The van der Waals surface area contributed by atoms with Crippen molar-refractivity contribution < 1.29 is 0 Å². The van der Waals surface area contributed by atoms with E-state index in [2.05, 4.69) is 37.9 Å². The highest BCUT2D eigenvalue weighted by atomic mass is 35.5. The molecule has 0 aliphatic heterocycles. The molecule has 0 bridgehead atoms. The molecule has 0 N–H and O–H groups in total. The summed E-state index contributed by atoms with van der Waals surface area (Å²) in [5.41, 5.74) is 4.57. The fraction of sp³-hybridized carbons (Fsp3) is 0.357. The molecule has 0 aliphatic carbocycles. The van der Waals surface area contributed by atoms with Crippen molar-refractivity contribution in [2.24, 2.45) is 0 Å². The zero-order valence-electron chi connectivity index (χ0n) is 10.4. The van der Waals surface area contributed by atoms with Gasteiger partial charge < -0.3 is 0 Å². The van der Waals surface area contributed by atoms with Crippen molar-refractivity contribution in [1.82, 2.24) is 4.98 Å². The van der Waals surface area contributed by atoms with E-state index in [4.69, 9.17) is 11.6 Å². The predicted octanol–water partition coefficient (Wildman–Crippen LogP) is 4.88. The van der Waals surface area contributed by atoms with E-state index in [1.807, 2.05) is 6.07 Å². The van der Waals surface area contributed by atoms with E-state index >= 15 is 0 Å². The highest BCUT2D eigenvalue weighted by Gasteiger charge is 2.06. The van der Waals surface area contributed by atoms with Gasteiger partial charge in [0, 0.05) is 11.1 Å². The van der Waals surface area contributed by atoms with Gasteiger partial charge in [-0.2, -0.15) is 0 Å². The molecule has 1 aromatic carbocycles. The number of hydrogen-bond donors (Lipinski definition) is 0. The second-order valence-electron chi connectivity index (χ2n) is 4.32. The molecule has 0 aliphatic rings. The quantitative estimate of drug-likeness (QED) is 0.757. The van der Waals surface area contributed by atoms with Crippen molar-refractivity contribution in [3.05, 3.63) is 40.0 Å². The molecule has 0 radical (unpaired) electrons.